The van der Waals surface area contributed by atoms with E-state index in [2.05, 4.69) is 110 Å². The summed E-state index contributed by atoms with van der Waals surface area (Å²) in [6.07, 6.45) is 38.8. The zero-order valence-corrected chi connectivity index (χ0v) is 27.0. The molecular weight excluding hydrogens is 546 g/mol. The summed E-state index contributed by atoms with van der Waals surface area (Å²) in [5.41, 5.74) is 2.35. The molecule has 0 N–H and O–H groups in total. The molecule has 1 aromatic rings. The number of hydrogen-bond acceptors (Lipinski definition) is 5. The van der Waals surface area contributed by atoms with Crippen LogP contribution in [0.2, 0.25) is 0 Å². The Kier molecular flexibility index (Phi) is 13.4. The number of ether oxygens (including phenoxy) is 3. The van der Waals surface area contributed by atoms with Crippen molar-refractivity contribution >= 4 is 5.97 Å². The van der Waals surface area contributed by atoms with Crippen LogP contribution in [-0.4, -0.2) is 43.8 Å². The van der Waals surface area contributed by atoms with Gasteiger partial charge >= 0.3 is 5.97 Å². The van der Waals surface area contributed by atoms with Gasteiger partial charge in [-0.05, 0) is 82.7 Å². The Morgan fingerprint density at radius 1 is 0.932 bits per heavy atom. The van der Waals surface area contributed by atoms with Crippen LogP contribution in [0.3, 0.4) is 0 Å². The van der Waals surface area contributed by atoms with Crippen LogP contribution in [-0.2, 0) is 21.5 Å². The number of carbonyl (C=O) groups excluding carboxylic acids is 1. The van der Waals surface area contributed by atoms with Crippen LogP contribution in [0.15, 0.2) is 97.2 Å². The summed E-state index contributed by atoms with van der Waals surface area (Å²) < 4.78 is 18.1. The lowest BCUT2D eigenvalue weighted by molar-refractivity contribution is -0.148. The first-order valence-electron chi connectivity index (χ1n) is 16.4. The Bertz CT molecular complexity index is 1280. The van der Waals surface area contributed by atoms with Crippen LogP contribution in [0.1, 0.15) is 82.3 Å². The molecule has 0 saturated carbocycles. The largest absolute Gasteiger partial charge is 0.493 e. The van der Waals surface area contributed by atoms with Gasteiger partial charge in [0.1, 0.15) is 12.2 Å². The number of nitrogens with zero attached hydrogens (tertiary/aromatic N) is 1. The summed E-state index contributed by atoms with van der Waals surface area (Å²) in [7, 11) is 3.86. The normalized spacial score (nSPS) is 23.3. The van der Waals surface area contributed by atoms with Gasteiger partial charge in [-0.25, -0.2) is 0 Å². The van der Waals surface area contributed by atoms with Crippen LogP contribution in [0.25, 0.3) is 0 Å². The molecule has 4 rings (SSSR count). The van der Waals surface area contributed by atoms with Gasteiger partial charge in [-0.3, -0.25) is 4.79 Å². The molecule has 5 nitrogen and oxygen atoms in total. The fourth-order valence-electron chi connectivity index (χ4n) is 6.22. The van der Waals surface area contributed by atoms with Crippen LogP contribution in [0.4, 0.5) is 0 Å². The highest BCUT2D eigenvalue weighted by Crippen LogP contribution is 2.55. The highest BCUT2D eigenvalue weighted by molar-refractivity contribution is 5.70. The van der Waals surface area contributed by atoms with Gasteiger partial charge in [0.25, 0.3) is 0 Å². The molecule has 3 atom stereocenters. The van der Waals surface area contributed by atoms with E-state index in [0.29, 0.717) is 19.3 Å². The van der Waals surface area contributed by atoms with Gasteiger partial charge in [-0.2, -0.15) is 0 Å². The standard InChI is InChI=1S/C39H51NO4/c1-4-5-6-7-8-9-10-11-12-13-14-15-16-17-18-19-20-21-22-23-36(41)43-33-26-27-39-28-29-40(2)31-32-24-25-34(42-3)38(37(32)39)44-35(39)30-33/h5-6,8-9,11-12,14-15,17-18,20-21,24-27,33,35H,4,7,10,13,16,19,22-23,28-31H2,1-3H3/b6-5-,9-8+,12-11+,15-14+,18-17+,21-20+/t33-,35-,39?/m0/s1. The van der Waals surface area contributed by atoms with Crippen molar-refractivity contribution in [1.29, 1.82) is 0 Å². The molecule has 0 fully saturated rings. The molecule has 1 aliphatic carbocycles. The molecule has 2 heterocycles. The summed E-state index contributed by atoms with van der Waals surface area (Å²) in [5, 5.41) is 0. The maximum Gasteiger partial charge on any atom is 0.306 e. The molecular formula is C39H51NO4. The number of esters is 1. The number of methoxy groups -OCH3 is 1. The van der Waals surface area contributed by atoms with Gasteiger partial charge in [0.05, 0.1) is 12.5 Å². The number of carbonyl (C=O) groups is 1. The van der Waals surface area contributed by atoms with Crippen LogP contribution < -0.4 is 9.47 Å². The lowest BCUT2D eigenvalue weighted by atomic mass is 9.69. The van der Waals surface area contributed by atoms with Crippen molar-refractivity contribution in [3.8, 4) is 11.5 Å². The van der Waals surface area contributed by atoms with E-state index < -0.39 is 0 Å². The van der Waals surface area contributed by atoms with Crippen molar-refractivity contribution in [2.45, 2.75) is 95.3 Å². The van der Waals surface area contributed by atoms with Gasteiger partial charge in [0.15, 0.2) is 11.5 Å². The molecule has 44 heavy (non-hydrogen) atoms. The zero-order valence-electron chi connectivity index (χ0n) is 27.0. The fourth-order valence-corrected chi connectivity index (χ4v) is 6.22. The highest BCUT2D eigenvalue weighted by Gasteiger charge is 2.53. The molecule has 1 aromatic carbocycles. The number of allylic oxidation sites excluding steroid dienone is 12. The second-order valence-corrected chi connectivity index (χ2v) is 11.8. The predicted molar refractivity (Wildman–Crippen MR) is 181 cm³/mol. The van der Waals surface area contributed by atoms with Crippen molar-refractivity contribution in [2.24, 2.45) is 0 Å². The van der Waals surface area contributed by atoms with Crippen LogP contribution >= 0.6 is 0 Å². The first-order chi connectivity index (χ1) is 21.6. The third-order valence-electron chi connectivity index (χ3n) is 8.52. The lowest BCUT2D eigenvalue weighted by Crippen LogP contribution is -2.43. The molecule has 1 unspecified atom stereocenters. The van der Waals surface area contributed by atoms with Gasteiger partial charge in [0, 0.05) is 24.9 Å². The Morgan fingerprint density at radius 3 is 2.16 bits per heavy atom. The Hall–Kier alpha value is -3.57. The van der Waals surface area contributed by atoms with Crippen molar-refractivity contribution in [3.05, 3.63) is 108 Å². The van der Waals surface area contributed by atoms with Crippen LogP contribution in [0.5, 0.6) is 11.5 Å². The Balaban J connectivity index is 1.12. The molecule has 0 saturated heterocycles. The van der Waals surface area contributed by atoms with E-state index >= 15 is 0 Å². The molecule has 0 radical (unpaired) electrons. The van der Waals surface area contributed by atoms with Gasteiger partial charge in [0.2, 0.25) is 0 Å². The highest BCUT2D eigenvalue weighted by atomic mass is 16.6. The zero-order chi connectivity index (χ0) is 31.0. The minimum Gasteiger partial charge on any atom is -0.493 e. The SMILES string of the molecule is CC/C=C\C/C=C/C/C=C/C/C=C/C/C=C/C/C=C/CCC(=O)O[C@H]1C=CC23CCN(C)Cc4ccc(OC)c(c42)O[C@H]3C1. The maximum atomic E-state index is 12.6. The quantitative estimate of drug-likeness (QED) is 0.141. The summed E-state index contributed by atoms with van der Waals surface area (Å²) in [5.74, 6) is 1.48. The number of rotatable bonds is 16. The summed E-state index contributed by atoms with van der Waals surface area (Å²) in [6.45, 7) is 4.03. The molecule has 0 amide bonds. The van der Waals surface area contributed by atoms with E-state index in [-0.39, 0.29) is 23.6 Å². The molecule has 5 heteroatoms. The average molecular weight is 598 g/mol. The summed E-state index contributed by atoms with van der Waals surface area (Å²) in [6, 6.07) is 4.18. The second-order valence-electron chi connectivity index (χ2n) is 11.8. The van der Waals surface area contributed by atoms with E-state index in [1.807, 2.05) is 6.07 Å². The van der Waals surface area contributed by atoms with Crippen molar-refractivity contribution in [3.63, 3.8) is 0 Å². The topological polar surface area (TPSA) is 48.0 Å². The van der Waals surface area contributed by atoms with Gasteiger partial charge in [-0.1, -0.05) is 92.0 Å². The van der Waals surface area contributed by atoms with Crippen molar-refractivity contribution in [1.82, 2.24) is 4.90 Å². The van der Waals surface area contributed by atoms with E-state index in [0.717, 1.165) is 69.5 Å². The second kappa shape index (κ2) is 17.7. The average Bonchev–Trinajstić information content (AvgIpc) is 3.28. The fraction of sp³-hybridized carbons (Fsp3) is 0.462. The predicted octanol–water partition coefficient (Wildman–Crippen LogP) is 8.88. The first-order valence-corrected chi connectivity index (χ1v) is 16.4. The van der Waals surface area contributed by atoms with Crippen LogP contribution in [0, 0.1) is 0 Å². The maximum absolute atomic E-state index is 12.6. The third kappa shape index (κ3) is 9.22. The van der Waals surface area contributed by atoms with E-state index in [1.54, 1.807) is 7.11 Å². The molecule has 2 aliphatic heterocycles. The summed E-state index contributed by atoms with van der Waals surface area (Å²) >= 11 is 0. The van der Waals surface area contributed by atoms with E-state index in [4.69, 9.17) is 14.2 Å². The van der Waals surface area contributed by atoms with Gasteiger partial charge in [-0.15, -0.1) is 0 Å². The summed E-state index contributed by atoms with van der Waals surface area (Å²) in [4.78, 5) is 15.0. The van der Waals surface area contributed by atoms with E-state index in [9.17, 15) is 4.79 Å². The number of benzene rings is 1. The van der Waals surface area contributed by atoms with Crippen molar-refractivity contribution in [2.75, 3.05) is 20.7 Å². The monoisotopic (exact) mass is 597 g/mol. The molecule has 1 spiro atoms. The minimum absolute atomic E-state index is 0.0646. The molecule has 0 bridgehead atoms. The molecule has 0 aromatic heterocycles. The first kappa shape index (κ1) is 33.3. The number of hydrogen-bond donors (Lipinski definition) is 0. The molecule has 3 aliphatic rings. The minimum atomic E-state index is -0.270. The van der Waals surface area contributed by atoms with E-state index in [1.165, 1.54) is 11.1 Å². The Labute approximate surface area is 265 Å². The smallest absolute Gasteiger partial charge is 0.306 e. The third-order valence-corrected chi connectivity index (χ3v) is 8.52. The lowest BCUT2D eigenvalue weighted by Gasteiger charge is -2.36. The van der Waals surface area contributed by atoms with Crippen molar-refractivity contribution < 1.29 is 19.0 Å². The Morgan fingerprint density at radius 2 is 1.55 bits per heavy atom. The van der Waals surface area contributed by atoms with Gasteiger partial charge < -0.3 is 19.1 Å². The molecule has 236 valence electrons.